The summed E-state index contributed by atoms with van der Waals surface area (Å²) in [5, 5.41) is 6.75. The summed E-state index contributed by atoms with van der Waals surface area (Å²) < 4.78 is 0. The molecular weight excluding hydrogens is 379 g/mol. The van der Waals surface area contributed by atoms with E-state index in [1.807, 2.05) is 19.9 Å². The Bertz CT molecular complexity index is 797. The Kier molecular flexibility index (Phi) is 7.17. The van der Waals surface area contributed by atoms with Gasteiger partial charge in [-0.3, -0.25) is 9.59 Å². The van der Waals surface area contributed by atoms with Crippen LogP contribution < -0.4 is 10.6 Å². The van der Waals surface area contributed by atoms with Gasteiger partial charge in [0.15, 0.2) is 0 Å². The Morgan fingerprint density at radius 2 is 1.64 bits per heavy atom. The molecule has 0 unspecified atom stereocenters. The number of hydrogen-bond donors (Lipinski definition) is 2. The maximum atomic E-state index is 12.0. The molecule has 4 nitrogen and oxygen atoms in total. The molecule has 7 heteroatoms. The molecular formula is C18H18Cl2N2O2S. The molecule has 0 heterocycles. The molecule has 132 valence electrons. The minimum absolute atomic E-state index is 0.174. The highest BCUT2D eigenvalue weighted by Crippen LogP contribution is 2.23. The van der Waals surface area contributed by atoms with Crippen LogP contribution in [0.3, 0.4) is 0 Å². The van der Waals surface area contributed by atoms with Gasteiger partial charge in [0, 0.05) is 21.4 Å². The summed E-state index contributed by atoms with van der Waals surface area (Å²) in [6.45, 7) is 3.73. The summed E-state index contributed by atoms with van der Waals surface area (Å²) in [5.74, 6) is -0.0141. The first-order valence-corrected chi connectivity index (χ1v) is 9.46. The van der Waals surface area contributed by atoms with E-state index in [1.165, 1.54) is 11.8 Å². The highest BCUT2D eigenvalue weighted by Gasteiger charge is 2.09. The van der Waals surface area contributed by atoms with Crippen LogP contribution in [0.25, 0.3) is 0 Å². The molecule has 25 heavy (non-hydrogen) atoms. The molecule has 2 N–H and O–H groups in total. The zero-order chi connectivity index (χ0) is 18.4. The zero-order valence-electron chi connectivity index (χ0n) is 13.9. The van der Waals surface area contributed by atoms with Crippen molar-refractivity contribution in [3.8, 4) is 0 Å². The summed E-state index contributed by atoms with van der Waals surface area (Å²) in [6, 6.07) is 10.7. The number of carbonyl (C=O) groups is 2. The second kappa shape index (κ2) is 9.13. The van der Waals surface area contributed by atoms with E-state index in [0.29, 0.717) is 21.4 Å². The van der Waals surface area contributed by atoms with Gasteiger partial charge in [0.2, 0.25) is 11.8 Å². The molecule has 0 aliphatic rings. The average molecular weight is 397 g/mol. The van der Waals surface area contributed by atoms with Crippen LogP contribution in [-0.4, -0.2) is 23.3 Å². The molecule has 2 aromatic carbocycles. The molecule has 0 radical (unpaired) electrons. The van der Waals surface area contributed by atoms with Gasteiger partial charge in [0.05, 0.1) is 11.5 Å². The van der Waals surface area contributed by atoms with E-state index >= 15 is 0 Å². The number of halogens is 2. The topological polar surface area (TPSA) is 58.2 Å². The summed E-state index contributed by atoms with van der Waals surface area (Å²) >= 11 is 13.3. The fourth-order valence-corrected chi connectivity index (χ4v) is 3.01. The minimum Gasteiger partial charge on any atom is -0.325 e. The summed E-state index contributed by atoms with van der Waals surface area (Å²) in [4.78, 5) is 23.9. The van der Waals surface area contributed by atoms with E-state index in [0.717, 1.165) is 11.1 Å². The number of carbonyl (C=O) groups excluding carboxylic acids is 2. The van der Waals surface area contributed by atoms with Gasteiger partial charge in [-0.1, -0.05) is 35.3 Å². The highest BCUT2D eigenvalue weighted by molar-refractivity contribution is 8.00. The van der Waals surface area contributed by atoms with Crippen LogP contribution in [0, 0.1) is 13.8 Å². The van der Waals surface area contributed by atoms with Gasteiger partial charge in [0.1, 0.15) is 0 Å². The Hall–Kier alpha value is -1.69. The standard InChI is InChI=1S/C18H18Cl2N2O2S/c1-11-6-7-13(8-15(11)20)21-17(23)9-25-10-18(24)22-16-5-3-4-14(19)12(16)2/h3-8H,9-10H2,1-2H3,(H,21,23)(H,22,24). The Balaban J connectivity index is 1.77. The summed E-state index contributed by atoms with van der Waals surface area (Å²) in [5.41, 5.74) is 3.08. The molecule has 0 bridgehead atoms. The first-order chi connectivity index (χ1) is 11.9. The van der Waals surface area contributed by atoms with E-state index in [1.54, 1.807) is 30.3 Å². The Labute approximate surface area is 161 Å². The molecule has 0 fully saturated rings. The van der Waals surface area contributed by atoms with Crippen LogP contribution in [0.4, 0.5) is 11.4 Å². The Morgan fingerprint density at radius 3 is 2.32 bits per heavy atom. The summed E-state index contributed by atoms with van der Waals surface area (Å²) in [7, 11) is 0. The zero-order valence-corrected chi connectivity index (χ0v) is 16.2. The average Bonchev–Trinajstić information content (AvgIpc) is 2.55. The molecule has 2 amide bonds. The third-order valence-electron chi connectivity index (χ3n) is 3.46. The lowest BCUT2D eigenvalue weighted by atomic mass is 10.2. The van der Waals surface area contributed by atoms with Crippen molar-refractivity contribution in [3.05, 3.63) is 57.6 Å². The number of rotatable bonds is 6. The van der Waals surface area contributed by atoms with Crippen molar-refractivity contribution in [1.29, 1.82) is 0 Å². The van der Waals surface area contributed by atoms with E-state index < -0.39 is 0 Å². The monoisotopic (exact) mass is 396 g/mol. The second-order valence-electron chi connectivity index (χ2n) is 5.47. The lowest BCUT2D eigenvalue weighted by molar-refractivity contribution is -0.114. The van der Waals surface area contributed by atoms with Gasteiger partial charge in [-0.05, 0) is 49.2 Å². The number of hydrogen-bond acceptors (Lipinski definition) is 3. The van der Waals surface area contributed by atoms with E-state index in [2.05, 4.69) is 10.6 Å². The maximum absolute atomic E-state index is 12.0. The van der Waals surface area contributed by atoms with Crippen molar-refractivity contribution in [3.63, 3.8) is 0 Å². The van der Waals surface area contributed by atoms with Crippen LogP contribution in [0.5, 0.6) is 0 Å². The number of benzene rings is 2. The van der Waals surface area contributed by atoms with Crippen molar-refractivity contribution in [1.82, 2.24) is 0 Å². The molecule has 0 aliphatic carbocycles. The number of amides is 2. The maximum Gasteiger partial charge on any atom is 0.234 e. The van der Waals surface area contributed by atoms with Crippen molar-refractivity contribution < 1.29 is 9.59 Å². The third-order valence-corrected chi connectivity index (χ3v) is 5.21. The van der Waals surface area contributed by atoms with E-state index in [9.17, 15) is 9.59 Å². The van der Waals surface area contributed by atoms with Crippen LogP contribution >= 0.6 is 35.0 Å². The van der Waals surface area contributed by atoms with Crippen LogP contribution in [0.15, 0.2) is 36.4 Å². The van der Waals surface area contributed by atoms with Crippen molar-refractivity contribution >= 4 is 58.2 Å². The quantitative estimate of drug-likeness (QED) is 0.728. The van der Waals surface area contributed by atoms with Crippen molar-refractivity contribution in [2.45, 2.75) is 13.8 Å². The SMILES string of the molecule is Cc1ccc(NC(=O)CSCC(=O)Nc2cccc(Cl)c2C)cc1Cl. The molecule has 0 atom stereocenters. The number of aryl methyl sites for hydroxylation is 1. The predicted octanol–water partition coefficient (Wildman–Crippen LogP) is 4.92. The molecule has 0 spiro atoms. The molecule has 0 saturated heterocycles. The van der Waals surface area contributed by atoms with Gasteiger partial charge in [-0.15, -0.1) is 11.8 Å². The molecule has 2 aromatic rings. The first-order valence-electron chi connectivity index (χ1n) is 7.55. The third kappa shape index (κ3) is 5.96. The van der Waals surface area contributed by atoms with Gasteiger partial charge in [0.25, 0.3) is 0 Å². The lowest BCUT2D eigenvalue weighted by Crippen LogP contribution is -2.18. The van der Waals surface area contributed by atoms with Crippen molar-refractivity contribution in [2.75, 3.05) is 22.1 Å². The molecule has 0 saturated carbocycles. The van der Waals surface area contributed by atoms with E-state index in [4.69, 9.17) is 23.2 Å². The van der Waals surface area contributed by atoms with Gasteiger partial charge in [-0.25, -0.2) is 0 Å². The van der Waals surface area contributed by atoms with Gasteiger partial charge >= 0.3 is 0 Å². The molecule has 0 aliphatic heterocycles. The predicted molar refractivity (Wildman–Crippen MR) is 107 cm³/mol. The minimum atomic E-state index is -0.184. The van der Waals surface area contributed by atoms with E-state index in [-0.39, 0.29) is 23.3 Å². The normalized spacial score (nSPS) is 10.4. The van der Waals surface area contributed by atoms with Crippen LogP contribution in [0.1, 0.15) is 11.1 Å². The fraction of sp³-hybridized carbons (Fsp3) is 0.222. The van der Waals surface area contributed by atoms with Crippen molar-refractivity contribution in [2.24, 2.45) is 0 Å². The Morgan fingerprint density at radius 1 is 0.960 bits per heavy atom. The fourth-order valence-electron chi connectivity index (χ4n) is 2.03. The van der Waals surface area contributed by atoms with Gasteiger partial charge in [-0.2, -0.15) is 0 Å². The first kappa shape index (κ1) is 19.6. The van der Waals surface area contributed by atoms with Crippen LogP contribution in [0.2, 0.25) is 10.0 Å². The smallest absolute Gasteiger partial charge is 0.234 e. The number of thioether (sulfide) groups is 1. The second-order valence-corrected chi connectivity index (χ2v) is 7.27. The number of nitrogens with one attached hydrogen (secondary N) is 2. The molecule has 0 aromatic heterocycles. The van der Waals surface area contributed by atoms with Crippen LogP contribution in [-0.2, 0) is 9.59 Å². The summed E-state index contributed by atoms with van der Waals surface area (Å²) in [6.07, 6.45) is 0. The van der Waals surface area contributed by atoms with Gasteiger partial charge < -0.3 is 10.6 Å². The highest BCUT2D eigenvalue weighted by atomic mass is 35.5. The lowest BCUT2D eigenvalue weighted by Gasteiger charge is -2.09. The largest absolute Gasteiger partial charge is 0.325 e. The number of anilines is 2. The molecule has 2 rings (SSSR count).